The Bertz CT molecular complexity index is 551. The highest BCUT2D eigenvalue weighted by molar-refractivity contribution is 7.89. The quantitative estimate of drug-likeness (QED) is 0.326. The molecule has 1 unspecified atom stereocenters. The van der Waals surface area contributed by atoms with Crippen LogP contribution in [0.15, 0.2) is 22.4 Å². The summed E-state index contributed by atoms with van der Waals surface area (Å²) in [5, 5.41) is 15.3. The Morgan fingerprint density at radius 3 is 2.74 bits per heavy atom. The molecule has 108 valence electrons. The highest BCUT2D eigenvalue weighted by Crippen LogP contribution is 2.16. The number of nitrogens with zero attached hydrogens (tertiary/aromatic N) is 4. The number of sulfonamides is 1. The number of aryl methyl sites for hydroxylation is 1. The molecule has 0 bridgehead atoms. The zero-order valence-electron chi connectivity index (χ0n) is 11.2. The van der Waals surface area contributed by atoms with Crippen LogP contribution in [0.25, 0.3) is 0 Å². The monoisotopic (exact) mass is 289 g/mol. The van der Waals surface area contributed by atoms with Gasteiger partial charge in [0.1, 0.15) is 10.7 Å². The molecule has 19 heavy (non-hydrogen) atoms. The van der Waals surface area contributed by atoms with Crippen molar-refractivity contribution in [2.24, 2.45) is 23.9 Å². The van der Waals surface area contributed by atoms with E-state index in [1.807, 2.05) is 0 Å². The van der Waals surface area contributed by atoms with E-state index in [-0.39, 0.29) is 23.2 Å². The summed E-state index contributed by atoms with van der Waals surface area (Å²) in [7, 11) is -1.96. The molecule has 3 N–H and O–H groups in total. The minimum absolute atomic E-state index is 0.000151. The first-order valence-corrected chi connectivity index (χ1v) is 7.23. The number of aromatic nitrogens is 2. The van der Waals surface area contributed by atoms with Crippen molar-refractivity contribution >= 4 is 15.9 Å². The Morgan fingerprint density at radius 1 is 1.68 bits per heavy atom. The van der Waals surface area contributed by atoms with E-state index in [0.717, 1.165) is 0 Å². The first kappa shape index (κ1) is 15.4. The highest BCUT2D eigenvalue weighted by atomic mass is 32.2. The zero-order chi connectivity index (χ0) is 14.6. The summed E-state index contributed by atoms with van der Waals surface area (Å²) in [6.45, 7) is 3.85. The van der Waals surface area contributed by atoms with Crippen LogP contribution in [0.5, 0.6) is 0 Å². The van der Waals surface area contributed by atoms with E-state index in [1.165, 1.54) is 21.4 Å². The molecule has 1 aromatic heterocycles. The lowest BCUT2D eigenvalue weighted by molar-refractivity contribution is 0.311. The molecule has 0 aliphatic heterocycles. The number of oxime groups is 1. The summed E-state index contributed by atoms with van der Waals surface area (Å²) in [4.78, 5) is 0.128. The van der Waals surface area contributed by atoms with Gasteiger partial charge in [-0.15, -0.1) is 0 Å². The Hall–Kier alpha value is -1.61. The van der Waals surface area contributed by atoms with Gasteiger partial charge in [-0.3, -0.25) is 4.68 Å². The van der Waals surface area contributed by atoms with Gasteiger partial charge in [-0.25, -0.2) is 8.42 Å². The van der Waals surface area contributed by atoms with E-state index in [9.17, 15) is 8.42 Å². The van der Waals surface area contributed by atoms with Crippen molar-refractivity contribution in [2.45, 2.75) is 18.7 Å². The zero-order valence-corrected chi connectivity index (χ0v) is 12.0. The Labute approximate surface area is 112 Å². The molecule has 1 atom stereocenters. The van der Waals surface area contributed by atoms with Crippen LogP contribution in [0.3, 0.4) is 0 Å². The summed E-state index contributed by atoms with van der Waals surface area (Å²) in [6, 6.07) is 0. The summed E-state index contributed by atoms with van der Waals surface area (Å²) in [5.74, 6) is -0.378. The fourth-order valence-corrected chi connectivity index (χ4v) is 3.10. The third-order valence-electron chi connectivity index (χ3n) is 2.77. The topological polar surface area (TPSA) is 114 Å². The number of amidine groups is 1. The molecule has 0 fully saturated rings. The standard InChI is InChI=1S/C10H19N5O3S/c1-4-15(6-8(2)10(11)13-16)19(17,18)9-5-12-14(3)7-9/h5,7-8,16H,4,6H2,1-3H3,(H2,11,13). The van der Waals surface area contributed by atoms with Crippen LogP contribution in [-0.4, -0.2) is 46.6 Å². The SMILES string of the molecule is CCN(CC(C)C(N)=NO)S(=O)(=O)c1cnn(C)c1. The lowest BCUT2D eigenvalue weighted by Gasteiger charge is -2.22. The van der Waals surface area contributed by atoms with Crippen LogP contribution in [0, 0.1) is 5.92 Å². The van der Waals surface area contributed by atoms with E-state index in [4.69, 9.17) is 10.9 Å². The number of nitrogens with two attached hydrogens (primary N) is 1. The van der Waals surface area contributed by atoms with Gasteiger partial charge in [-0.05, 0) is 0 Å². The highest BCUT2D eigenvalue weighted by Gasteiger charge is 2.26. The smallest absolute Gasteiger partial charge is 0.246 e. The minimum Gasteiger partial charge on any atom is -0.409 e. The molecule has 0 saturated heterocycles. The van der Waals surface area contributed by atoms with Gasteiger partial charge in [0, 0.05) is 32.3 Å². The van der Waals surface area contributed by atoms with Gasteiger partial charge < -0.3 is 10.9 Å². The molecular weight excluding hydrogens is 270 g/mol. The predicted molar refractivity (Wildman–Crippen MR) is 70.2 cm³/mol. The van der Waals surface area contributed by atoms with Crippen molar-refractivity contribution in [3.05, 3.63) is 12.4 Å². The molecule has 0 aromatic carbocycles. The Morgan fingerprint density at radius 2 is 2.32 bits per heavy atom. The van der Waals surface area contributed by atoms with Crippen LogP contribution in [-0.2, 0) is 17.1 Å². The van der Waals surface area contributed by atoms with Gasteiger partial charge in [0.25, 0.3) is 0 Å². The maximum atomic E-state index is 12.4. The van der Waals surface area contributed by atoms with Crippen LogP contribution in [0.4, 0.5) is 0 Å². The first-order chi connectivity index (χ1) is 8.82. The molecule has 0 aliphatic rings. The lowest BCUT2D eigenvalue weighted by Crippen LogP contribution is -2.38. The Kier molecular flexibility index (Phi) is 4.90. The maximum Gasteiger partial charge on any atom is 0.246 e. The van der Waals surface area contributed by atoms with E-state index < -0.39 is 10.0 Å². The van der Waals surface area contributed by atoms with Crippen LogP contribution < -0.4 is 5.73 Å². The molecule has 9 heteroatoms. The number of rotatable bonds is 6. The van der Waals surface area contributed by atoms with Crippen molar-refractivity contribution in [3.63, 3.8) is 0 Å². The van der Waals surface area contributed by atoms with Crippen LogP contribution in [0.1, 0.15) is 13.8 Å². The molecule has 1 aromatic rings. The third kappa shape index (κ3) is 3.44. The Balaban J connectivity index is 2.97. The second-order valence-electron chi connectivity index (χ2n) is 4.23. The van der Waals surface area contributed by atoms with Gasteiger partial charge in [0.15, 0.2) is 0 Å². The molecule has 8 nitrogen and oxygen atoms in total. The van der Waals surface area contributed by atoms with E-state index >= 15 is 0 Å². The number of hydrogen-bond donors (Lipinski definition) is 2. The summed E-state index contributed by atoms with van der Waals surface area (Å²) in [6.07, 6.45) is 2.73. The molecule has 0 saturated carbocycles. The van der Waals surface area contributed by atoms with Gasteiger partial charge in [-0.2, -0.15) is 9.40 Å². The fraction of sp³-hybridized carbons (Fsp3) is 0.600. The van der Waals surface area contributed by atoms with Crippen molar-refractivity contribution in [3.8, 4) is 0 Å². The molecule has 0 radical (unpaired) electrons. The second kappa shape index (κ2) is 6.02. The van der Waals surface area contributed by atoms with Crippen LogP contribution >= 0.6 is 0 Å². The molecule has 0 amide bonds. The average molecular weight is 289 g/mol. The normalized spacial score (nSPS) is 14.8. The van der Waals surface area contributed by atoms with Gasteiger partial charge in [0.2, 0.25) is 10.0 Å². The number of hydrogen-bond acceptors (Lipinski definition) is 5. The maximum absolute atomic E-state index is 12.4. The van der Waals surface area contributed by atoms with Gasteiger partial charge in [0.05, 0.1) is 6.20 Å². The van der Waals surface area contributed by atoms with Crippen molar-refractivity contribution < 1.29 is 13.6 Å². The van der Waals surface area contributed by atoms with Gasteiger partial charge in [-0.1, -0.05) is 19.0 Å². The third-order valence-corrected chi connectivity index (χ3v) is 4.66. The first-order valence-electron chi connectivity index (χ1n) is 5.79. The molecular formula is C10H19N5O3S. The van der Waals surface area contributed by atoms with Crippen molar-refractivity contribution in [2.75, 3.05) is 13.1 Å². The van der Waals surface area contributed by atoms with Gasteiger partial charge >= 0.3 is 0 Å². The van der Waals surface area contributed by atoms with E-state index in [1.54, 1.807) is 20.9 Å². The summed E-state index contributed by atoms with van der Waals surface area (Å²) >= 11 is 0. The fourth-order valence-electron chi connectivity index (χ4n) is 1.58. The summed E-state index contributed by atoms with van der Waals surface area (Å²) in [5.41, 5.74) is 5.47. The summed E-state index contributed by atoms with van der Waals surface area (Å²) < 4.78 is 27.4. The average Bonchev–Trinajstić information content (AvgIpc) is 2.81. The second-order valence-corrected chi connectivity index (χ2v) is 6.17. The minimum atomic E-state index is -3.61. The van der Waals surface area contributed by atoms with E-state index in [0.29, 0.717) is 6.54 Å². The molecule has 1 rings (SSSR count). The molecule has 1 heterocycles. The molecule has 0 spiro atoms. The van der Waals surface area contributed by atoms with E-state index in [2.05, 4.69) is 10.3 Å². The van der Waals surface area contributed by atoms with Crippen molar-refractivity contribution in [1.82, 2.24) is 14.1 Å². The predicted octanol–water partition coefficient (Wildman–Crippen LogP) is -0.187. The van der Waals surface area contributed by atoms with Crippen molar-refractivity contribution in [1.29, 1.82) is 0 Å². The largest absolute Gasteiger partial charge is 0.409 e. The lowest BCUT2D eigenvalue weighted by atomic mass is 10.1. The molecule has 0 aliphatic carbocycles. The van der Waals surface area contributed by atoms with Crippen LogP contribution in [0.2, 0.25) is 0 Å².